The fourth-order valence-electron chi connectivity index (χ4n) is 3.71. The number of para-hydroxylation sites is 2. The van der Waals surface area contributed by atoms with Crippen LogP contribution in [0.2, 0.25) is 0 Å². The molecule has 0 fully saturated rings. The van der Waals surface area contributed by atoms with E-state index < -0.39 is 0 Å². The molecule has 0 radical (unpaired) electrons. The van der Waals surface area contributed by atoms with E-state index in [0.717, 1.165) is 49.2 Å². The highest BCUT2D eigenvalue weighted by Gasteiger charge is 2.13. The second-order valence-corrected chi connectivity index (χ2v) is 7.20. The molecule has 3 aromatic rings. The van der Waals surface area contributed by atoms with Crippen LogP contribution in [0.1, 0.15) is 30.7 Å². The van der Waals surface area contributed by atoms with Crippen molar-refractivity contribution in [3.8, 4) is 0 Å². The number of aromatic nitrogens is 2. The van der Waals surface area contributed by atoms with Crippen LogP contribution in [-0.4, -0.2) is 16.5 Å². The third-order valence-corrected chi connectivity index (χ3v) is 5.14. The molecular weight excluding hydrogens is 342 g/mol. The van der Waals surface area contributed by atoms with Crippen molar-refractivity contribution in [3.05, 3.63) is 96.4 Å². The monoisotopic (exact) mass is 369 g/mol. The summed E-state index contributed by atoms with van der Waals surface area (Å²) < 4.78 is 0. The lowest BCUT2D eigenvalue weighted by atomic mass is 9.87. The average molecular weight is 370 g/mol. The number of aromatic amines is 1. The first-order valence-electron chi connectivity index (χ1n) is 10.1. The molecule has 28 heavy (non-hydrogen) atoms. The van der Waals surface area contributed by atoms with Gasteiger partial charge in [-0.3, -0.25) is 0 Å². The Balaban J connectivity index is 1.30. The zero-order chi connectivity index (χ0) is 19.0. The zero-order valence-corrected chi connectivity index (χ0v) is 16.1. The molecule has 0 amide bonds. The van der Waals surface area contributed by atoms with Gasteiger partial charge in [-0.25, -0.2) is 4.98 Å². The average Bonchev–Trinajstić information content (AvgIpc) is 3.17. The number of H-pyrrole nitrogens is 1. The molecule has 1 atom stereocenters. The van der Waals surface area contributed by atoms with Gasteiger partial charge < -0.3 is 10.3 Å². The number of hydrogen-bond donors (Lipinski definition) is 2. The van der Waals surface area contributed by atoms with Crippen LogP contribution in [-0.2, 0) is 6.54 Å². The summed E-state index contributed by atoms with van der Waals surface area (Å²) in [6, 6.07) is 18.9. The Hall–Kier alpha value is -2.91. The van der Waals surface area contributed by atoms with Crippen LogP contribution in [0.3, 0.4) is 0 Å². The Labute approximate surface area is 166 Å². The minimum Gasteiger partial charge on any atom is -0.341 e. The predicted octanol–water partition coefficient (Wildman–Crippen LogP) is 5.65. The highest BCUT2D eigenvalue weighted by atomic mass is 15.0. The van der Waals surface area contributed by atoms with Gasteiger partial charge in [0.05, 0.1) is 17.6 Å². The SMILES string of the molecule is C1=CCC(C(=CCCCNCc2nc3ccccc3[nH]2)c2ccccc2)C=C1. The summed E-state index contributed by atoms with van der Waals surface area (Å²) >= 11 is 0. The molecule has 1 aliphatic carbocycles. The third-order valence-electron chi connectivity index (χ3n) is 5.14. The van der Waals surface area contributed by atoms with Crippen LogP contribution in [0.15, 0.2) is 85.0 Å². The number of hydrogen-bond acceptors (Lipinski definition) is 2. The van der Waals surface area contributed by atoms with Crippen molar-refractivity contribution < 1.29 is 0 Å². The molecule has 142 valence electrons. The third kappa shape index (κ3) is 4.68. The molecular formula is C25H27N3. The molecule has 3 nitrogen and oxygen atoms in total. The summed E-state index contributed by atoms with van der Waals surface area (Å²) in [5.41, 5.74) is 4.91. The summed E-state index contributed by atoms with van der Waals surface area (Å²) in [5, 5.41) is 3.51. The van der Waals surface area contributed by atoms with Gasteiger partial charge in [-0.1, -0.05) is 72.8 Å². The Morgan fingerprint density at radius 1 is 1.07 bits per heavy atom. The van der Waals surface area contributed by atoms with Crippen molar-refractivity contribution in [1.82, 2.24) is 15.3 Å². The molecule has 1 aliphatic rings. The minimum absolute atomic E-state index is 0.482. The van der Waals surface area contributed by atoms with E-state index in [2.05, 4.69) is 82.1 Å². The van der Waals surface area contributed by atoms with Gasteiger partial charge in [-0.15, -0.1) is 0 Å². The van der Waals surface area contributed by atoms with Gasteiger partial charge in [0.1, 0.15) is 5.82 Å². The molecule has 0 aliphatic heterocycles. The first-order valence-corrected chi connectivity index (χ1v) is 10.1. The molecule has 1 heterocycles. The van der Waals surface area contributed by atoms with E-state index in [9.17, 15) is 0 Å². The van der Waals surface area contributed by atoms with E-state index in [0.29, 0.717) is 5.92 Å². The Morgan fingerprint density at radius 3 is 2.75 bits per heavy atom. The van der Waals surface area contributed by atoms with Crippen LogP contribution >= 0.6 is 0 Å². The molecule has 0 spiro atoms. The quantitative estimate of drug-likeness (QED) is 0.504. The first kappa shape index (κ1) is 18.5. The van der Waals surface area contributed by atoms with Crippen molar-refractivity contribution in [2.45, 2.75) is 25.8 Å². The van der Waals surface area contributed by atoms with E-state index in [1.807, 2.05) is 18.2 Å². The highest BCUT2D eigenvalue weighted by Crippen LogP contribution is 2.30. The van der Waals surface area contributed by atoms with Crippen LogP contribution in [0.25, 0.3) is 16.6 Å². The van der Waals surface area contributed by atoms with E-state index >= 15 is 0 Å². The number of unbranched alkanes of at least 4 members (excludes halogenated alkanes) is 1. The fourth-order valence-corrected chi connectivity index (χ4v) is 3.71. The lowest BCUT2D eigenvalue weighted by molar-refractivity contribution is 0.638. The number of nitrogens with zero attached hydrogens (tertiary/aromatic N) is 1. The standard InChI is InChI=1S/C25H27N3/c1-3-11-20(12-4-1)22(21-13-5-2-6-14-21)15-9-10-18-26-19-25-27-23-16-7-8-17-24(23)28-25/h1-8,11-13,15-17,21,26H,9-10,14,18-19H2,(H,27,28). The lowest BCUT2D eigenvalue weighted by Gasteiger charge is -2.18. The van der Waals surface area contributed by atoms with Crippen molar-refractivity contribution in [2.75, 3.05) is 6.54 Å². The molecule has 0 bridgehead atoms. The topological polar surface area (TPSA) is 40.7 Å². The van der Waals surface area contributed by atoms with Crippen molar-refractivity contribution in [2.24, 2.45) is 5.92 Å². The minimum atomic E-state index is 0.482. The van der Waals surface area contributed by atoms with Crippen LogP contribution in [0.4, 0.5) is 0 Å². The molecule has 0 saturated heterocycles. The lowest BCUT2D eigenvalue weighted by Crippen LogP contribution is -2.15. The van der Waals surface area contributed by atoms with Gasteiger partial charge in [0.15, 0.2) is 0 Å². The number of benzene rings is 2. The first-order chi connectivity index (χ1) is 13.9. The summed E-state index contributed by atoms with van der Waals surface area (Å²) in [6.07, 6.45) is 14.6. The summed E-state index contributed by atoms with van der Waals surface area (Å²) in [7, 11) is 0. The van der Waals surface area contributed by atoms with Crippen molar-refractivity contribution in [3.63, 3.8) is 0 Å². The molecule has 0 saturated carbocycles. The van der Waals surface area contributed by atoms with E-state index in [4.69, 9.17) is 0 Å². The van der Waals surface area contributed by atoms with Gasteiger partial charge >= 0.3 is 0 Å². The van der Waals surface area contributed by atoms with Crippen molar-refractivity contribution >= 4 is 16.6 Å². The second kappa shape index (κ2) is 9.34. The summed E-state index contributed by atoms with van der Waals surface area (Å²) in [6.45, 7) is 1.76. The zero-order valence-electron chi connectivity index (χ0n) is 16.1. The van der Waals surface area contributed by atoms with E-state index in [-0.39, 0.29) is 0 Å². The molecule has 1 unspecified atom stereocenters. The van der Waals surface area contributed by atoms with E-state index in [1.54, 1.807) is 0 Å². The number of fused-ring (bicyclic) bond motifs is 1. The largest absolute Gasteiger partial charge is 0.341 e. The highest BCUT2D eigenvalue weighted by molar-refractivity contribution is 5.74. The predicted molar refractivity (Wildman–Crippen MR) is 118 cm³/mol. The second-order valence-electron chi connectivity index (χ2n) is 7.20. The maximum atomic E-state index is 4.62. The summed E-state index contributed by atoms with van der Waals surface area (Å²) in [4.78, 5) is 7.99. The molecule has 4 rings (SSSR count). The number of allylic oxidation sites excluding steroid dienone is 6. The Kier molecular flexibility index (Phi) is 6.15. The Morgan fingerprint density at radius 2 is 1.93 bits per heavy atom. The van der Waals surface area contributed by atoms with Crippen LogP contribution in [0.5, 0.6) is 0 Å². The van der Waals surface area contributed by atoms with Gasteiger partial charge in [0.2, 0.25) is 0 Å². The fraction of sp³-hybridized carbons (Fsp3) is 0.240. The maximum absolute atomic E-state index is 4.62. The van der Waals surface area contributed by atoms with Gasteiger partial charge in [0, 0.05) is 5.92 Å². The van der Waals surface area contributed by atoms with Crippen molar-refractivity contribution in [1.29, 1.82) is 0 Å². The molecule has 1 aromatic heterocycles. The number of imidazole rings is 1. The smallest absolute Gasteiger partial charge is 0.121 e. The Bertz CT molecular complexity index is 946. The van der Waals surface area contributed by atoms with Crippen LogP contribution in [0, 0.1) is 5.92 Å². The summed E-state index contributed by atoms with van der Waals surface area (Å²) in [5.74, 6) is 1.48. The maximum Gasteiger partial charge on any atom is 0.121 e. The van der Waals surface area contributed by atoms with Gasteiger partial charge in [-0.05, 0) is 49.1 Å². The molecule has 2 aromatic carbocycles. The normalized spacial score (nSPS) is 16.7. The number of nitrogens with one attached hydrogen (secondary N) is 2. The van der Waals surface area contributed by atoms with Gasteiger partial charge in [-0.2, -0.15) is 0 Å². The molecule has 3 heteroatoms. The molecule has 2 N–H and O–H groups in total. The van der Waals surface area contributed by atoms with Gasteiger partial charge in [0.25, 0.3) is 0 Å². The number of rotatable bonds is 8. The van der Waals surface area contributed by atoms with Crippen LogP contribution < -0.4 is 5.32 Å². The van der Waals surface area contributed by atoms with E-state index in [1.165, 1.54) is 11.1 Å².